The summed E-state index contributed by atoms with van der Waals surface area (Å²) >= 11 is 3.25. The van der Waals surface area contributed by atoms with Gasteiger partial charge >= 0.3 is 0 Å². The maximum absolute atomic E-state index is 14.4. The second kappa shape index (κ2) is 7.48. The van der Waals surface area contributed by atoms with Crippen LogP contribution in [0.15, 0.2) is 53.0 Å². The predicted octanol–water partition coefficient (Wildman–Crippen LogP) is 5.00. The first kappa shape index (κ1) is 19.4. The van der Waals surface area contributed by atoms with Crippen molar-refractivity contribution in [3.8, 4) is 22.6 Å². The van der Waals surface area contributed by atoms with Crippen LogP contribution in [0.4, 0.5) is 8.78 Å². The minimum Gasteiger partial charge on any atom is -0.508 e. The Morgan fingerprint density at radius 3 is 2.45 bits per heavy atom. The molecule has 3 aromatic carbocycles. The Balaban J connectivity index is 1.69. The number of halogens is 3. The van der Waals surface area contributed by atoms with Crippen LogP contribution < -0.4 is 0 Å². The molecule has 1 aliphatic heterocycles. The summed E-state index contributed by atoms with van der Waals surface area (Å²) in [4.78, 5) is 14.4. The van der Waals surface area contributed by atoms with E-state index in [9.17, 15) is 23.8 Å². The second-order valence-corrected chi connectivity index (χ2v) is 7.78. The average molecular weight is 460 g/mol. The lowest BCUT2D eigenvalue weighted by molar-refractivity contribution is 0.0731. The van der Waals surface area contributed by atoms with Gasteiger partial charge in [0.05, 0.1) is 11.1 Å². The Kier molecular flexibility index (Phi) is 5.00. The van der Waals surface area contributed by atoms with Gasteiger partial charge in [-0.1, -0.05) is 34.1 Å². The van der Waals surface area contributed by atoms with Crippen LogP contribution in [0.3, 0.4) is 0 Å². The van der Waals surface area contributed by atoms with Crippen LogP contribution in [-0.4, -0.2) is 27.6 Å². The Labute approximate surface area is 174 Å². The second-order valence-electron chi connectivity index (χ2n) is 6.87. The molecule has 1 heterocycles. The SMILES string of the molecule is O=C(c1ccc(Br)cc1O)N1CCc2c(cccc2-c2c(F)cc(O)cc2F)C1. The molecule has 0 radical (unpaired) electrons. The topological polar surface area (TPSA) is 60.8 Å². The number of nitrogens with zero attached hydrogens (tertiary/aromatic N) is 1. The molecule has 0 fully saturated rings. The molecule has 0 saturated carbocycles. The van der Waals surface area contributed by atoms with E-state index in [1.54, 1.807) is 29.2 Å². The molecule has 7 heteroatoms. The van der Waals surface area contributed by atoms with Gasteiger partial charge in [0.15, 0.2) is 0 Å². The third-order valence-corrected chi connectivity index (χ3v) is 5.53. The number of fused-ring (bicyclic) bond motifs is 1. The molecule has 148 valence electrons. The molecule has 4 nitrogen and oxygen atoms in total. The highest BCUT2D eigenvalue weighted by molar-refractivity contribution is 9.10. The predicted molar refractivity (Wildman–Crippen MR) is 108 cm³/mol. The fourth-order valence-electron chi connectivity index (χ4n) is 3.69. The highest BCUT2D eigenvalue weighted by atomic mass is 79.9. The number of aromatic hydroxyl groups is 2. The fourth-order valence-corrected chi connectivity index (χ4v) is 4.04. The van der Waals surface area contributed by atoms with E-state index in [0.717, 1.165) is 23.3 Å². The van der Waals surface area contributed by atoms with Crippen LogP contribution >= 0.6 is 15.9 Å². The summed E-state index contributed by atoms with van der Waals surface area (Å²) < 4.78 is 29.4. The van der Waals surface area contributed by atoms with Crippen molar-refractivity contribution in [1.82, 2.24) is 4.90 Å². The monoisotopic (exact) mass is 459 g/mol. The molecule has 0 saturated heterocycles. The van der Waals surface area contributed by atoms with Gasteiger partial charge in [-0.25, -0.2) is 8.78 Å². The first-order valence-corrected chi connectivity index (χ1v) is 9.71. The van der Waals surface area contributed by atoms with Crippen LogP contribution in [0.2, 0.25) is 0 Å². The number of hydrogen-bond donors (Lipinski definition) is 2. The maximum Gasteiger partial charge on any atom is 0.257 e. The quantitative estimate of drug-likeness (QED) is 0.566. The van der Waals surface area contributed by atoms with E-state index >= 15 is 0 Å². The third-order valence-electron chi connectivity index (χ3n) is 5.04. The fraction of sp³-hybridized carbons (Fsp3) is 0.136. The number of phenolic OH excluding ortho intramolecular Hbond substituents is 2. The zero-order chi connectivity index (χ0) is 20.7. The Morgan fingerprint density at radius 1 is 1.03 bits per heavy atom. The molecule has 0 aliphatic carbocycles. The maximum atomic E-state index is 14.4. The molecule has 1 aliphatic rings. The minimum absolute atomic E-state index is 0.114. The summed E-state index contributed by atoms with van der Waals surface area (Å²) in [6, 6.07) is 11.6. The van der Waals surface area contributed by atoms with Gasteiger partial charge in [-0.2, -0.15) is 0 Å². The lowest BCUT2D eigenvalue weighted by Crippen LogP contribution is -2.36. The lowest BCUT2D eigenvalue weighted by atomic mass is 9.90. The van der Waals surface area contributed by atoms with Crippen LogP contribution in [0.5, 0.6) is 11.5 Å². The Hall–Kier alpha value is -2.93. The normalized spacial score (nSPS) is 13.3. The van der Waals surface area contributed by atoms with Crippen LogP contribution in [0.25, 0.3) is 11.1 Å². The molecule has 2 N–H and O–H groups in total. The van der Waals surface area contributed by atoms with Gasteiger partial charge in [-0.15, -0.1) is 0 Å². The van der Waals surface area contributed by atoms with Crippen molar-refractivity contribution < 1.29 is 23.8 Å². The Morgan fingerprint density at radius 2 is 1.76 bits per heavy atom. The summed E-state index contributed by atoms with van der Waals surface area (Å²) in [5.41, 5.74) is 1.97. The van der Waals surface area contributed by atoms with E-state index in [1.165, 1.54) is 6.07 Å². The lowest BCUT2D eigenvalue weighted by Gasteiger charge is -2.30. The van der Waals surface area contributed by atoms with Crippen LogP contribution in [0, 0.1) is 11.6 Å². The summed E-state index contributed by atoms with van der Waals surface area (Å²) in [7, 11) is 0. The standard InChI is InChI=1S/C22H16BrF2NO3/c23-13-4-5-17(20(28)8-13)22(29)26-7-6-15-12(11-26)2-1-3-16(15)21-18(24)9-14(27)10-19(21)25/h1-5,8-10,27-28H,6-7,11H2. The summed E-state index contributed by atoms with van der Waals surface area (Å²) in [5, 5.41) is 19.5. The molecule has 3 aromatic rings. The number of benzene rings is 3. The first-order chi connectivity index (χ1) is 13.8. The van der Waals surface area contributed by atoms with Crippen molar-refractivity contribution in [2.24, 2.45) is 0 Å². The van der Waals surface area contributed by atoms with Crippen LogP contribution in [-0.2, 0) is 13.0 Å². The largest absolute Gasteiger partial charge is 0.508 e. The summed E-state index contributed by atoms with van der Waals surface area (Å²) in [5.74, 6) is -2.58. The Bertz CT molecular complexity index is 1110. The third kappa shape index (κ3) is 3.58. The molecule has 0 unspecified atom stereocenters. The van der Waals surface area contributed by atoms with Crippen LogP contribution in [0.1, 0.15) is 21.5 Å². The van der Waals surface area contributed by atoms with Gasteiger partial charge in [0.25, 0.3) is 5.91 Å². The van der Waals surface area contributed by atoms with E-state index in [4.69, 9.17) is 0 Å². The zero-order valence-electron chi connectivity index (χ0n) is 15.1. The highest BCUT2D eigenvalue weighted by Gasteiger charge is 2.26. The molecule has 4 rings (SSSR count). The van der Waals surface area contributed by atoms with Crippen molar-refractivity contribution >= 4 is 21.8 Å². The van der Waals surface area contributed by atoms with Crippen molar-refractivity contribution in [2.75, 3.05) is 6.54 Å². The number of carbonyl (C=O) groups excluding carboxylic acids is 1. The van der Waals surface area contributed by atoms with Crippen molar-refractivity contribution in [2.45, 2.75) is 13.0 Å². The van der Waals surface area contributed by atoms with Gasteiger partial charge in [0, 0.05) is 29.7 Å². The van der Waals surface area contributed by atoms with E-state index in [-0.39, 0.29) is 29.3 Å². The molecule has 1 amide bonds. The molecule has 0 spiro atoms. The van der Waals surface area contributed by atoms with Gasteiger partial charge in [0.1, 0.15) is 23.1 Å². The molecule has 0 aromatic heterocycles. The average Bonchev–Trinajstić information content (AvgIpc) is 2.66. The molecule has 29 heavy (non-hydrogen) atoms. The van der Waals surface area contributed by atoms with Gasteiger partial charge < -0.3 is 15.1 Å². The van der Waals surface area contributed by atoms with E-state index < -0.39 is 17.4 Å². The van der Waals surface area contributed by atoms with E-state index in [2.05, 4.69) is 15.9 Å². The minimum atomic E-state index is -0.839. The zero-order valence-corrected chi connectivity index (χ0v) is 16.7. The molecule has 0 bridgehead atoms. The van der Waals surface area contributed by atoms with E-state index in [1.807, 2.05) is 6.07 Å². The molecular formula is C22H16BrF2NO3. The van der Waals surface area contributed by atoms with E-state index in [0.29, 0.717) is 23.0 Å². The number of phenols is 2. The number of carbonyl (C=O) groups is 1. The van der Waals surface area contributed by atoms with Crippen molar-refractivity contribution in [3.05, 3.63) is 81.3 Å². The number of rotatable bonds is 2. The van der Waals surface area contributed by atoms with Crippen molar-refractivity contribution in [3.63, 3.8) is 0 Å². The summed E-state index contributed by atoms with van der Waals surface area (Å²) in [6.45, 7) is 0.610. The van der Waals surface area contributed by atoms with Gasteiger partial charge in [-0.05, 0) is 41.3 Å². The van der Waals surface area contributed by atoms with Crippen molar-refractivity contribution in [1.29, 1.82) is 0 Å². The number of hydrogen-bond acceptors (Lipinski definition) is 3. The highest BCUT2D eigenvalue weighted by Crippen LogP contribution is 2.36. The smallest absolute Gasteiger partial charge is 0.257 e. The first-order valence-electron chi connectivity index (χ1n) is 8.92. The molecule has 0 atom stereocenters. The summed E-state index contributed by atoms with van der Waals surface area (Å²) in [6.07, 6.45) is 0.411. The van der Waals surface area contributed by atoms with Gasteiger partial charge in [0.2, 0.25) is 0 Å². The molecular weight excluding hydrogens is 444 g/mol. The van der Waals surface area contributed by atoms with Gasteiger partial charge in [-0.3, -0.25) is 4.79 Å². The number of amides is 1.